The van der Waals surface area contributed by atoms with Crippen LogP contribution in [-0.4, -0.2) is 51.4 Å². The van der Waals surface area contributed by atoms with E-state index in [1.807, 2.05) is 49.4 Å². The van der Waals surface area contributed by atoms with E-state index >= 15 is 0 Å². The molecule has 0 radical (unpaired) electrons. The molecule has 4 rings (SSSR count). The van der Waals surface area contributed by atoms with E-state index in [4.69, 9.17) is 4.74 Å². The standard InChI is InChI=1S/C34H36IN3O5S/c1-3-21-36-34(40)32(23-26-11-6-4-7-12-26)37(24-27-13-10-14-30(22-27)43-2)33(39)25-38(29-19-17-28(35)18-20-29)44(41,42)31-15-8-5-9-16-31/h4-20,22,32H,3,21,23-25H2,1-2H3,(H,36,40)/t32-/m0/s1. The SMILES string of the molecule is CCCNC(=O)[C@H](Cc1ccccc1)N(Cc1cccc(OC)c1)C(=O)CN(c1ccc(I)cc1)S(=O)(=O)c1ccccc1. The van der Waals surface area contributed by atoms with E-state index < -0.39 is 28.5 Å². The third-order valence-electron chi connectivity index (χ3n) is 7.03. The van der Waals surface area contributed by atoms with Crippen molar-refractivity contribution in [3.8, 4) is 5.75 Å². The molecular formula is C34H36IN3O5S. The van der Waals surface area contributed by atoms with Gasteiger partial charge in [-0.15, -0.1) is 0 Å². The van der Waals surface area contributed by atoms with Crippen LogP contribution in [-0.2, 0) is 32.6 Å². The molecule has 0 bridgehead atoms. The molecule has 0 saturated heterocycles. The Morgan fingerprint density at radius 3 is 2.14 bits per heavy atom. The summed E-state index contributed by atoms with van der Waals surface area (Å²) in [5, 5.41) is 2.95. The molecule has 0 heterocycles. The van der Waals surface area contributed by atoms with Crippen LogP contribution in [0.1, 0.15) is 24.5 Å². The van der Waals surface area contributed by atoms with Gasteiger partial charge in [0.2, 0.25) is 11.8 Å². The average Bonchev–Trinajstić information content (AvgIpc) is 3.05. The Hall–Kier alpha value is -3.90. The van der Waals surface area contributed by atoms with Gasteiger partial charge in [-0.3, -0.25) is 13.9 Å². The minimum absolute atomic E-state index is 0.0622. The Morgan fingerprint density at radius 1 is 0.864 bits per heavy atom. The highest BCUT2D eigenvalue weighted by atomic mass is 127. The maximum absolute atomic E-state index is 14.4. The fourth-order valence-electron chi connectivity index (χ4n) is 4.74. The molecule has 0 fully saturated rings. The minimum Gasteiger partial charge on any atom is -0.497 e. The molecule has 0 aliphatic rings. The molecule has 0 aliphatic carbocycles. The van der Waals surface area contributed by atoms with E-state index in [0.717, 1.165) is 25.4 Å². The molecule has 10 heteroatoms. The van der Waals surface area contributed by atoms with Crippen LogP contribution in [0.25, 0.3) is 0 Å². The van der Waals surface area contributed by atoms with Crippen molar-refractivity contribution in [3.63, 3.8) is 0 Å². The number of ether oxygens (including phenoxy) is 1. The molecule has 0 spiro atoms. The zero-order chi connectivity index (χ0) is 31.5. The maximum Gasteiger partial charge on any atom is 0.264 e. The van der Waals surface area contributed by atoms with Crippen LogP contribution in [0.5, 0.6) is 5.75 Å². The number of amides is 2. The first-order valence-electron chi connectivity index (χ1n) is 14.3. The maximum atomic E-state index is 14.4. The number of hydrogen-bond acceptors (Lipinski definition) is 5. The van der Waals surface area contributed by atoms with Crippen molar-refractivity contribution in [2.75, 3.05) is 24.5 Å². The Labute approximate surface area is 273 Å². The summed E-state index contributed by atoms with van der Waals surface area (Å²) in [4.78, 5) is 29.7. The van der Waals surface area contributed by atoms with Gasteiger partial charge in [-0.1, -0.05) is 67.6 Å². The van der Waals surface area contributed by atoms with Gasteiger partial charge in [0.25, 0.3) is 10.0 Å². The van der Waals surface area contributed by atoms with Gasteiger partial charge in [-0.25, -0.2) is 8.42 Å². The van der Waals surface area contributed by atoms with Crippen molar-refractivity contribution >= 4 is 50.1 Å². The van der Waals surface area contributed by atoms with E-state index in [2.05, 4.69) is 27.9 Å². The first-order chi connectivity index (χ1) is 21.2. The Kier molecular flexibility index (Phi) is 11.8. The molecule has 1 atom stereocenters. The van der Waals surface area contributed by atoms with Gasteiger partial charge in [0.15, 0.2) is 0 Å². The molecule has 4 aromatic rings. The summed E-state index contributed by atoms with van der Waals surface area (Å²) in [6.45, 7) is 1.97. The van der Waals surface area contributed by atoms with Crippen LogP contribution in [0.15, 0.2) is 114 Å². The lowest BCUT2D eigenvalue weighted by atomic mass is 10.0. The number of halogens is 1. The smallest absolute Gasteiger partial charge is 0.264 e. The largest absolute Gasteiger partial charge is 0.497 e. The molecule has 2 amide bonds. The number of carbonyl (C=O) groups is 2. The molecule has 4 aromatic carbocycles. The number of carbonyl (C=O) groups excluding carboxylic acids is 2. The second-order valence-corrected chi connectivity index (χ2v) is 13.3. The number of sulfonamides is 1. The fourth-order valence-corrected chi connectivity index (χ4v) is 6.54. The van der Waals surface area contributed by atoms with E-state index in [0.29, 0.717) is 18.0 Å². The monoisotopic (exact) mass is 725 g/mol. The van der Waals surface area contributed by atoms with Gasteiger partial charge >= 0.3 is 0 Å². The van der Waals surface area contributed by atoms with Crippen LogP contribution in [0.4, 0.5) is 5.69 Å². The van der Waals surface area contributed by atoms with Crippen molar-refractivity contribution in [1.82, 2.24) is 10.2 Å². The summed E-state index contributed by atoms with van der Waals surface area (Å²) in [6.07, 6.45) is 0.977. The number of hydrogen-bond donors (Lipinski definition) is 1. The summed E-state index contributed by atoms with van der Waals surface area (Å²) in [7, 11) is -2.57. The van der Waals surface area contributed by atoms with Gasteiger partial charge in [0.05, 0.1) is 17.7 Å². The lowest BCUT2D eigenvalue weighted by molar-refractivity contribution is -0.140. The molecule has 0 saturated carbocycles. The van der Waals surface area contributed by atoms with Crippen LogP contribution >= 0.6 is 22.6 Å². The van der Waals surface area contributed by atoms with Gasteiger partial charge < -0.3 is 15.0 Å². The molecular weight excluding hydrogens is 689 g/mol. The predicted octanol–water partition coefficient (Wildman–Crippen LogP) is 5.66. The fraction of sp³-hybridized carbons (Fsp3) is 0.235. The second-order valence-electron chi connectivity index (χ2n) is 10.2. The molecule has 0 aliphatic heterocycles. The predicted molar refractivity (Wildman–Crippen MR) is 181 cm³/mol. The molecule has 8 nitrogen and oxygen atoms in total. The van der Waals surface area contributed by atoms with E-state index in [1.54, 1.807) is 61.7 Å². The summed E-state index contributed by atoms with van der Waals surface area (Å²) >= 11 is 2.15. The first kappa shape index (κ1) is 33.0. The van der Waals surface area contributed by atoms with Crippen molar-refractivity contribution in [1.29, 1.82) is 0 Å². The van der Waals surface area contributed by atoms with E-state index in [-0.39, 0.29) is 23.8 Å². The Balaban J connectivity index is 1.79. The zero-order valence-corrected chi connectivity index (χ0v) is 27.7. The first-order valence-corrected chi connectivity index (χ1v) is 16.8. The highest BCUT2D eigenvalue weighted by molar-refractivity contribution is 14.1. The summed E-state index contributed by atoms with van der Waals surface area (Å²) in [5.41, 5.74) is 1.96. The van der Waals surface area contributed by atoms with E-state index in [9.17, 15) is 18.0 Å². The van der Waals surface area contributed by atoms with Crippen LogP contribution in [0.3, 0.4) is 0 Å². The van der Waals surface area contributed by atoms with Gasteiger partial charge in [-0.05, 0) is 88.7 Å². The van der Waals surface area contributed by atoms with Crippen molar-refractivity contribution in [2.45, 2.75) is 37.2 Å². The summed E-state index contributed by atoms with van der Waals surface area (Å²) < 4.78 is 35.5. The average molecular weight is 726 g/mol. The Bertz CT molecular complexity index is 1630. The van der Waals surface area contributed by atoms with Crippen LogP contribution in [0.2, 0.25) is 0 Å². The number of nitrogens with zero attached hydrogens (tertiary/aromatic N) is 2. The topological polar surface area (TPSA) is 96.0 Å². The normalized spacial score (nSPS) is 11.8. The van der Waals surface area contributed by atoms with E-state index in [1.165, 1.54) is 17.0 Å². The Morgan fingerprint density at radius 2 is 1.50 bits per heavy atom. The highest BCUT2D eigenvalue weighted by Gasteiger charge is 2.34. The number of benzene rings is 4. The highest BCUT2D eigenvalue weighted by Crippen LogP contribution is 2.26. The third kappa shape index (κ3) is 8.60. The molecule has 44 heavy (non-hydrogen) atoms. The number of methoxy groups -OCH3 is 1. The summed E-state index contributed by atoms with van der Waals surface area (Å²) in [6, 6.07) is 30.8. The minimum atomic E-state index is -4.14. The number of rotatable bonds is 14. The molecule has 1 N–H and O–H groups in total. The van der Waals surface area contributed by atoms with Crippen molar-refractivity contribution in [3.05, 3.63) is 124 Å². The van der Waals surface area contributed by atoms with Gasteiger partial charge in [0.1, 0.15) is 18.3 Å². The zero-order valence-electron chi connectivity index (χ0n) is 24.7. The summed E-state index contributed by atoms with van der Waals surface area (Å²) in [5.74, 6) is -0.214. The van der Waals surface area contributed by atoms with Gasteiger partial charge in [0, 0.05) is 23.1 Å². The van der Waals surface area contributed by atoms with Crippen molar-refractivity contribution < 1.29 is 22.7 Å². The van der Waals surface area contributed by atoms with Crippen molar-refractivity contribution in [2.24, 2.45) is 0 Å². The number of nitrogens with one attached hydrogen (secondary N) is 1. The lowest BCUT2D eigenvalue weighted by Gasteiger charge is -2.34. The molecule has 0 aromatic heterocycles. The third-order valence-corrected chi connectivity index (χ3v) is 9.54. The molecule has 230 valence electrons. The van der Waals surface area contributed by atoms with Gasteiger partial charge in [-0.2, -0.15) is 0 Å². The lowest BCUT2D eigenvalue weighted by Crippen LogP contribution is -2.53. The van der Waals surface area contributed by atoms with Crippen LogP contribution in [0, 0.1) is 3.57 Å². The molecule has 0 unspecified atom stereocenters. The quantitative estimate of drug-likeness (QED) is 0.170. The van der Waals surface area contributed by atoms with Crippen LogP contribution < -0.4 is 14.4 Å². The number of anilines is 1. The second kappa shape index (κ2) is 15.7.